The molecular formula is C26H26ClN3O2. The molecular weight excluding hydrogens is 422 g/mol. The molecule has 0 radical (unpaired) electrons. The standard InChI is InChI=1S/C26H26ClN3O2/c27-21-10-8-19(9-11-21)25(23-7-3-4-14-28-23)29-17-24(31)30-15-12-26(13-16-30)22-6-2-1-5-20(22)18-32-26/h1-11,14,25,29H,12-13,15-18H2. The summed E-state index contributed by atoms with van der Waals surface area (Å²) < 4.78 is 6.23. The molecule has 1 fully saturated rings. The van der Waals surface area contributed by atoms with E-state index in [9.17, 15) is 4.79 Å². The van der Waals surface area contributed by atoms with Crippen molar-refractivity contribution in [2.75, 3.05) is 19.6 Å². The summed E-state index contributed by atoms with van der Waals surface area (Å²) in [6.07, 6.45) is 3.43. The van der Waals surface area contributed by atoms with Gasteiger partial charge < -0.3 is 9.64 Å². The number of carbonyl (C=O) groups excluding carboxylic acids is 1. The molecule has 3 aromatic rings. The van der Waals surface area contributed by atoms with Crippen molar-refractivity contribution in [2.45, 2.75) is 31.1 Å². The van der Waals surface area contributed by atoms with E-state index >= 15 is 0 Å². The van der Waals surface area contributed by atoms with Gasteiger partial charge in [-0.25, -0.2) is 0 Å². The second-order valence-corrected chi connectivity index (χ2v) is 8.88. The summed E-state index contributed by atoms with van der Waals surface area (Å²) in [5.41, 5.74) is 4.23. The number of halogens is 1. The number of rotatable bonds is 5. The van der Waals surface area contributed by atoms with Gasteiger partial charge in [0.25, 0.3) is 0 Å². The molecule has 0 aliphatic carbocycles. The Kier molecular flexibility index (Phi) is 5.96. The Bertz CT molecular complexity index is 1080. The number of hydrogen-bond acceptors (Lipinski definition) is 4. The number of nitrogens with one attached hydrogen (secondary N) is 1. The Labute approximate surface area is 193 Å². The molecule has 164 valence electrons. The van der Waals surface area contributed by atoms with Crippen LogP contribution in [0.25, 0.3) is 0 Å². The summed E-state index contributed by atoms with van der Waals surface area (Å²) in [7, 11) is 0. The number of piperidine rings is 1. The molecule has 6 heteroatoms. The summed E-state index contributed by atoms with van der Waals surface area (Å²) in [6, 6.07) is 21.7. The number of pyridine rings is 1. The zero-order valence-corrected chi connectivity index (χ0v) is 18.6. The normalized spacial score (nSPS) is 17.8. The van der Waals surface area contributed by atoms with Crippen LogP contribution in [0.1, 0.15) is 41.3 Å². The number of amides is 1. The summed E-state index contributed by atoms with van der Waals surface area (Å²) in [6.45, 7) is 2.31. The van der Waals surface area contributed by atoms with Crippen LogP contribution in [0.4, 0.5) is 0 Å². The first kappa shape index (κ1) is 21.1. The van der Waals surface area contributed by atoms with Crippen LogP contribution in [0.15, 0.2) is 72.9 Å². The molecule has 2 aliphatic heterocycles. The lowest BCUT2D eigenvalue weighted by Crippen LogP contribution is -2.48. The summed E-state index contributed by atoms with van der Waals surface area (Å²) >= 11 is 6.07. The molecule has 5 nitrogen and oxygen atoms in total. The molecule has 1 aromatic heterocycles. The van der Waals surface area contributed by atoms with Crippen LogP contribution < -0.4 is 5.32 Å². The van der Waals surface area contributed by atoms with Gasteiger partial charge in [0, 0.05) is 24.3 Å². The quantitative estimate of drug-likeness (QED) is 0.627. The maximum absolute atomic E-state index is 13.0. The van der Waals surface area contributed by atoms with Crippen LogP contribution in [0.3, 0.4) is 0 Å². The van der Waals surface area contributed by atoms with E-state index in [1.807, 2.05) is 47.4 Å². The van der Waals surface area contributed by atoms with E-state index in [4.69, 9.17) is 16.3 Å². The zero-order chi connectivity index (χ0) is 22.0. The van der Waals surface area contributed by atoms with Crippen molar-refractivity contribution in [1.29, 1.82) is 0 Å². The number of fused-ring (bicyclic) bond motifs is 2. The number of carbonyl (C=O) groups is 1. The molecule has 0 saturated carbocycles. The topological polar surface area (TPSA) is 54.5 Å². The lowest BCUT2D eigenvalue weighted by atomic mass is 9.84. The van der Waals surface area contributed by atoms with Crippen molar-refractivity contribution >= 4 is 17.5 Å². The first-order valence-electron chi connectivity index (χ1n) is 11.0. The molecule has 1 saturated heterocycles. The zero-order valence-electron chi connectivity index (χ0n) is 17.8. The Morgan fingerprint density at radius 1 is 1.06 bits per heavy atom. The van der Waals surface area contributed by atoms with Crippen LogP contribution in [-0.2, 0) is 21.7 Å². The molecule has 1 amide bonds. The number of ether oxygens (including phenoxy) is 1. The predicted molar refractivity (Wildman–Crippen MR) is 124 cm³/mol. The minimum absolute atomic E-state index is 0.0982. The van der Waals surface area contributed by atoms with Gasteiger partial charge in [-0.3, -0.25) is 15.1 Å². The van der Waals surface area contributed by atoms with Gasteiger partial charge in [-0.15, -0.1) is 0 Å². The third-order valence-corrected chi connectivity index (χ3v) is 6.83. The van der Waals surface area contributed by atoms with Gasteiger partial charge >= 0.3 is 0 Å². The predicted octanol–water partition coefficient (Wildman–Crippen LogP) is 4.46. The highest BCUT2D eigenvalue weighted by Crippen LogP contribution is 2.43. The van der Waals surface area contributed by atoms with Crippen LogP contribution >= 0.6 is 11.6 Å². The van der Waals surface area contributed by atoms with E-state index in [-0.39, 0.29) is 24.1 Å². The number of aromatic nitrogens is 1. The Morgan fingerprint density at radius 3 is 2.56 bits per heavy atom. The van der Waals surface area contributed by atoms with E-state index in [2.05, 4.69) is 34.6 Å². The number of nitrogens with zero attached hydrogens (tertiary/aromatic N) is 2. The Balaban J connectivity index is 1.24. The average Bonchev–Trinajstić information content (AvgIpc) is 3.19. The van der Waals surface area contributed by atoms with E-state index < -0.39 is 0 Å². The van der Waals surface area contributed by atoms with Crippen molar-refractivity contribution < 1.29 is 9.53 Å². The van der Waals surface area contributed by atoms with Gasteiger partial charge in [-0.2, -0.15) is 0 Å². The molecule has 5 rings (SSSR count). The lowest BCUT2D eigenvalue weighted by Gasteiger charge is -2.39. The van der Waals surface area contributed by atoms with Gasteiger partial charge in [0.05, 0.1) is 30.5 Å². The molecule has 3 heterocycles. The van der Waals surface area contributed by atoms with Gasteiger partial charge in [0.2, 0.25) is 5.91 Å². The number of benzene rings is 2. The Hall–Kier alpha value is -2.73. The number of hydrogen-bond donors (Lipinski definition) is 1. The fourth-order valence-electron chi connectivity index (χ4n) is 4.81. The molecule has 1 spiro atoms. The highest BCUT2D eigenvalue weighted by atomic mass is 35.5. The lowest BCUT2D eigenvalue weighted by molar-refractivity contribution is -0.137. The maximum atomic E-state index is 13.0. The molecule has 1 unspecified atom stereocenters. The molecule has 1 N–H and O–H groups in total. The van der Waals surface area contributed by atoms with Gasteiger partial charge in [0.1, 0.15) is 0 Å². The smallest absolute Gasteiger partial charge is 0.236 e. The van der Waals surface area contributed by atoms with Crippen LogP contribution in [0.2, 0.25) is 5.02 Å². The van der Waals surface area contributed by atoms with Crippen molar-refractivity contribution in [3.8, 4) is 0 Å². The average molecular weight is 448 g/mol. The maximum Gasteiger partial charge on any atom is 0.236 e. The van der Waals surface area contributed by atoms with Crippen LogP contribution in [0.5, 0.6) is 0 Å². The SMILES string of the molecule is O=C(CNC(c1ccc(Cl)cc1)c1ccccn1)N1CCC2(CC1)OCc1ccccc12. The molecule has 2 aromatic carbocycles. The van der Waals surface area contributed by atoms with Crippen molar-refractivity contribution in [3.63, 3.8) is 0 Å². The van der Waals surface area contributed by atoms with E-state index in [1.54, 1.807) is 6.20 Å². The van der Waals surface area contributed by atoms with E-state index in [1.165, 1.54) is 11.1 Å². The Morgan fingerprint density at radius 2 is 1.81 bits per heavy atom. The third kappa shape index (κ3) is 4.16. The minimum Gasteiger partial charge on any atom is -0.365 e. The largest absolute Gasteiger partial charge is 0.365 e. The van der Waals surface area contributed by atoms with Crippen molar-refractivity contribution in [2.24, 2.45) is 0 Å². The molecule has 32 heavy (non-hydrogen) atoms. The molecule has 1 atom stereocenters. The first-order valence-corrected chi connectivity index (χ1v) is 11.4. The fourth-order valence-corrected chi connectivity index (χ4v) is 4.94. The van der Waals surface area contributed by atoms with E-state index in [0.29, 0.717) is 24.7 Å². The number of likely N-dealkylation sites (tertiary alicyclic amines) is 1. The summed E-state index contributed by atoms with van der Waals surface area (Å²) in [5.74, 6) is 0.0982. The van der Waals surface area contributed by atoms with Gasteiger partial charge in [0.15, 0.2) is 0 Å². The summed E-state index contributed by atoms with van der Waals surface area (Å²) in [4.78, 5) is 19.5. The van der Waals surface area contributed by atoms with Crippen molar-refractivity contribution in [3.05, 3.63) is 100 Å². The van der Waals surface area contributed by atoms with Crippen molar-refractivity contribution in [1.82, 2.24) is 15.2 Å². The highest BCUT2D eigenvalue weighted by Gasteiger charge is 2.43. The second-order valence-electron chi connectivity index (χ2n) is 8.44. The van der Waals surface area contributed by atoms with Crippen LogP contribution in [-0.4, -0.2) is 35.4 Å². The summed E-state index contributed by atoms with van der Waals surface area (Å²) in [5, 5.41) is 4.10. The van der Waals surface area contributed by atoms with Gasteiger partial charge in [-0.1, -0.05) is 54.1 Å². The van der Waals surface area contributed by atoms with Crippen LogP contribution in [0, 0.1) is 0 Å². The first-order chi connectivity index (χ1) is 15.6. The van der Waals surface area contributed by atoms with Gasteiger partial charge in [-0.05, 0) is 53.8 Å². The minimum atomic E-state index is -0.236. The molecule has 2 aliphatic rings. The van der Waals surface area contributed by atoms with E-state index in [0.717, 1.165) is 24.1 Å². The third-order valence-electron chi connectivity index (χ3n) is 6.58. The fraction of sp³-hybridized carbons (Fsp3) is 0.308. The highest BCUT2D eigenvalue weighted by molar-refractivity contribution is 6.30. The molecule has 0 bridgehead atoms. The monoisotopic (exact) mass is 447 g/mol. The second kappa shape index (κ2) is 9.02.